The number of urea groups is 1. The number of nitrogens with one attached hydrogen (secondary N) is 3. The van der Waals surface area contributed by atoms with Crippen LogP contribution in [-0.2, 0) is 35.5 Å². The molecule has 4 atom stereocenters. The van der Waals surface area contributed by atoms with Crippen molar-refractivity contribution in [3.63, 3.8) is 0 Å². The zero-order valence-electron chi connectivity index (χ0n) is 31.7. The van der Waals surface area contributed by atoms with Gasteiger partial charge in [0.2, 0.25) is 5.91 Å². The smallest absolute Gasteiger partial charge is 0.407 e. The zero-order valence-corrected chi connectivity index (χ0v) is 33.4. The van der Waals surface area contributed by atoms with Crippen molar-refractivity contribution >= 4 is 40.7 Å². The standard InChI is InChI=1S/C40H54N6O5S2/c1-25(2)35(45-39(49)46(7)22-31-24-52-38(43-31)27(5)6)36(48)42-30(18-28-14-10-8-11-15-28)20-34(47)33(19-29-16-12-9-13-17-29)44-40(50)51-23-32-21-41-37(53-32)26(3)4/h8-17,21,24-27,30,33-35,47H,18-20,22-23H2,1-7H3,(H,42,48)(H,44,50)(H,45,49)/t30?,33-,34-,35-/m0/s1. The highest BCUT2D eigenvalue weighted by atomic mass is 32.1. The molecular weight excluding hydrogens is 709 g/mol. The highest BCUT2D eigenvalue weighted by molar-refractivity contribution is 7.11. The number of aromatic nitrogens is 2. The van der Waals surface area contributed by atoms with E-state index in [1.807, 2.05) is 79.9 Å². The van der Waals surface area contributed by atoms with Gasteiger partial charge in [-0.25, -0.2) is 19.6 Å². The molecule has 0 bridgehead atoms. The Morgan fingerprint density at radius 3 is 2.04 bits per heavy atom. The number of aliphatic hydroxyl groups excluding tert-OH is 1. The van der Waals surface area contributed by atoms with Gasteiger partial charge < -0.3 is 30.7 Å². The van der Waals surface area contributed by atoms with Crippen LogP contribution < -0.4 is 16.0 Å². The van der Waals surface area contributed by atoms with Gasteiger partial charge >= 0.3 is 12.1 Å². The molecule has 0 aliphatic rings. The van der Waals surface area contributed by atoms with E-state index >= 15 is 0 Å². The molecule has 286 valence electrons. The van der Waals surface area contributed by atoms with Crippen molar-refractivity contribution in [3.05, 3.63) is 104 Å². The van der Waals surface area contributed by atoms with E-state index in [1.165, 1.54) is 16.2 Å². The summed E-state index contributed by atoms with van der Waals surface area (Å²) >= 11 is 3.07. The number of benzene rings is 2. The first kappa shape index (κ1) is 41.4. The maximum Gasteiger partial charge on any atom is 0.407 e. The first-order valence-electron chi connectivity index (χ1n) is 18.2. The maximum atomic E-state index is 13.9. The van der Waals surface area contributed by atoms with Gasteiger partial charge in [-0.3, -0.25) is 4.79 Å². The van der Waals surface area contributed by atoms with Gasteiger partial charge in [0.15, 0.2) is 0 Å². The molecule has 0 spiro atoms. The number of rotatable bonds is 18. The first-order valence-corrected chi connectivity index (χ1v) is 19.9. The monoisotopic (exact) mass is 762 g/mol. The van der Waals surface area contributed by atoms with Crippen LogP contribution >= 0.6 is 22.7 Å². The molecule has 4 rings (SSSR count). The van der Waals surface area contributed by atoms with Crippen LogP contribution in [0.3, 0.4) is 0 Å². The molecule has 0 fully saturated rings. The molecule has 1 unspecified atom stereocenters. The van der Waals surface area contributed by atoms with Crippen LogP contribution in [0.4, 0.5) is 9.59 Å². The second-order valence-corrected chi connectivity index (χ2v) is 16.4. The molecule has 53 heavy (non-hydrogen) atoms. The lowest BCUT2D eigenvalue weighted by atomic mass is 9.93. The van der Waals surface area contributed by atoms with Gasteiger partial charge in [-0.15, -0.1) is 22.7 Å². The van der Waals surface area contributed by atoms with Crippen LogP contribution in [0.1, 0.15) is 91.5 Å². The average Bonchev–Trinajstić information content (AvgIpc) is 3.80. The number of nitrogens with zero attached hydrogens (tertiary/aromatic N) is 3. The molecule has 2 aromatic heterocycles. The third-order valence-corrected chi connectivity index (χ3v) is 11.2. The molecule has 0 radical (unpaired) electrons. The Kier molecular flexibility index (Phi) is 15.8. The number of aliphatic hydroxyl groups is 1. The first-order chi connectivity index (χ1) is 25.3. The minimum absolute atomic E-state index is 0.0668. The minimum Gasteiger partial charge on any atom is -0.444 e. The lowest BCUT2D eigenvalue weighted by Gasteiger charge is -2.30. The summed E-state index contributed by atoms with van der Waals surface area (Å²) in [6.45, 7) is 12.4. The lowest BCUT2D eigenvalue weighted by molar-refractivity contribution is -0.124. The minimum atomic E-state index is -1.06. The summed E-state index contributed by atoms with van der Waals surface area (Å²) in [6.07, 6.45) is 0.907. The summed E-state index contributed by atoms with van der Waals surface area (Å²) in [5.74, 6) is -0.00499. The number of carbonyl (C=O) groups excluding carboxylic acids is 3. The largest absolute Gasteiger partial charge is 0.444 e. The molecule has 4 amide bonds. The van der Waals surface area contributed by atoms with Crippen LogP contribution in [0.2, 0.25) is 0 Å². The maximum absolute atomic E-state index is 13.9. The van der Waals surface area contributed by atoms with E-state index in [0.29, 0.717) is 25.3 Å². The van der Waals surface area contributed by atoms with Gasteiger partial charge in [0.05, 0.1) is 39.3 Å². The molecular formula is C40H54N6O5S2. The summed E-state index contributed by atoms with van der Waals surface area (Å²) in [4.78, 5) is 51.7. The van der Waals surface area contributed by atoms with E-state index in [2.05, 4.69) is 53.6 Å². The van der Waals surface area contributed by atoms with Gasteiger partial charge in [-0.1, -0.05) is 102 Å². The quantitative estimate of drug-likeness (QED) is 0.0852. The third kappa shape index (κ3) is 13.2. The summed E-state index contributed by atoms with van der Waals surface area (Å²) < 4.78 is 5.56. The molecule has 0 aliphatic heterocycles. The summed E-state index contributed by atoms with van der Waals surface area (Å²) in [5.41, 5.74) is 2.69. The van der Waals surface area contributed by atoms with Crippen molar-refractivity contribution in [1.82, 2.24) is 30.8 Å². The Morgan fingerprint density at radius 2 is 1.47 bits per heavy atom. The van der Waals surface area contributed by atoms with E-state index < -0.39 is 30.3 Å². The SMILES string of the molecule is CC(C)c1nc(CN(C)C(=O)N[C@H](C(=O)NC(Cc2ccccc2)C[C@H](O)[C@H](Cc2ccccc2)NC(=O)OCc2cnc(C(C)C)s2)C(C)C)cs1. The van der Waals surface area contributed by atoms with Crippen molar-refractivity contribution in [3.8, 4) is 0 Å². The summed E-state index contributed by atoms with van der Waals surface area (Å²) in [7, 11) is 1.68. The lowest BCUT2D eigenvalue weighted by Crippen LogP contribution is -2.55. The van der Waals surface area contributed by atoms with Crippen LogP contribution in [0, 0.1) is 5.92 Å². The predicted molar refractivity (Wildman–Crippen MR) is 211 cm³/mol. The molecule has 13 heteroatoms. The molecule has 4 aromatic rings. The van der Waals surface area contributed by atoms with Crippen LogP contribution in [0.5, 0.6) is 0 Å². The predicted octanol–water partition coefficient (Wildman–Crippen LogP) is 7.03. The second kappa shape index (κ2) is 20.2. The Balaban J connectivity index is 1.47. The van der Waals surface area contributed by atoms with Crippen molar-refractivity contribution in [1.29, 1.82) is 0 Å². The van der Waals surface area contributed by atoms with Crippen LogP contribution in [0.25, 0.3) is 0 Å². The Bertz CT molecular complexity index is 1730. The third-order valence-electron chi connectivity index (χ3n) is 8.71. The molecule has 4 N–H and O–H groups in total. The Labute approximate surface area is 321 Å². The van der Waals surface area contributed by atoms with Gasteiger partial charge in [-0.05, 0) is 36.3 Å². The topological polar surface area (TPSA) is 146 Å². The van der Waals surface area contributed by atoms with E-state index in [9.17, 15) is 19.5 Å². The normalized spacial score (nSPS) is 13.7. The van der Waals surface area contributed by atoms with Gasteiger partial charge in [0, 0.05) is 36.5 Å². The van der Waals surface area contributed by atoms with E-state index in [0.717, 1.165) is 31.7 Å². The highest BCUT2D eigenvalue weighted by Gasteiger charge is 2.31. The molecule has 0 aliphatic carbocycles. The van der Waals surface area contributed by atoms with Crippen molar-refractivity contribution in [2.45, 2.75) is 110 Å². The molecule has 2 heterocycles. The second-order valence-electron chi connectivity index (χ2n) is 14.4. The Morgan fingerprint density at radius 1 is 0.849 bits per heavy atom. The van der Waals surface area contributed by atoms with Crippen LogP contribution in [0.15, 0.2) is 72.2 Å². The van der Waals surface area contributed by atoms with E-state index in [1.54, 1.807) is 24.6 Å². The molecule has 0 saturated carbocycles. The highest BCUT2D eigenvalue weighted by Crippen LogP contribution is 2.22. The number of ether oxygens (including phenoxy) is 1. The number of thiazole rings is 2. The van der Waals surface area contributed by atoms with Crippen molar-refractivity contribution < 1.29 is 24.2 Å². The van der Waals surface area contributed by atoms with Gasteiger partial charge in [-0.2, -0.15) is 0 Å². The average molecular weight is 763 g/mol. The van der Waals surface area contributed by atoms with Gasteiger partial charge in [0.25, 0.3) is 0 Å². The van der Waals surface area contributed by atoms with Gasteiger partial charge in [0.1, 0.15) is 12.6 Å². The number of carbonyl (C=O) groups is 3. The number of hydrogen-bond acceptors (Lipinski definition) is 9. The van der Waals surface area contributed by atoms with Crippen molar-refractivity contribution in [2.75, 3.05) is 7.05 Å². The molecule has 2 aromatic carbocycles. The van der Waals surface area contributed by atoms with Crippen LogP contribution in [-0.4, -0.2) is 69.3 Å². The van der Waals surface area contributed by atoms with E-state index in [-0.39, 0.29) is 36.8 Å². The summed E-state index contributed by atoms with van der Waals surface area (Å²) in [5, 5.41) is 24.6. The molecule has 11 nitrogen and oxygen atoms in total. The number of amides is 4. The Hall–Kier alpha value is -4.33. The fraction of sp³-hybridized carbons (Fsp3) is 0.475. The van der Waals surface area contributed by atoms with Crippen molar-refractivity contribution in [2.24, 2.45) is 5.92 Å². The zero-order chi connectivity index (χ0) is 38.5. The number of alkyl carbamates (subject to hydrolysis) is 1. The number of hydrogen-bond donors (Lipinski definition) is 4. The summed E-state index contributed by atoms with van der Waals surface area (Å²) in [6, 6.07) is 16.8. The molecule has 0 saturated heterocycles. The fourth-order valence-electron chi connectivity index (χ4n) is 5.73. The fourth-order valence-corrected chi connectivity index (χ4v) is 7.39. The van der Waals surface area contributed by atoms with E-state index in [4.69, 9.17) is 4.74 Å².